The Kier molecular flexibility index (Phi) is 4.45. The molecule has 2 aromatic carbocycles. The van der Waals surface area contributed by atoms with E-state index in [-0.39, 0.29) is 0 Å². The molecule has 2 aromatic rings. The monoisotopic (exact) mass is 289 g/mol. The zero-order valence-electron chi connectivity index (χ0n) is 11.8. The van der Waals surface area contributed by atoms with Crippen LogP contribution >= 0.6 is 0 Å². The van der Waals surface area contributed by atoms with Crippen molar-refractivity contribution in [2.45, 2.75) is 31.6 Å². The van der Waals surface area contributed by atoms with Crippen LogP contribution in [0.1, 0.15) is 24.5 Å². The molecular formula is C16H19NO2S. The van der Waals surface area contributed by atoms with E-state index in [0.717, 1.165) is 18.4 Å². The number of sulfonamides is 1. The molecule has 0 aliphatic heterocycles. The zero-order valence-corrected chi connectivity index (χ0v) is 12.6. The maximum Gasteiger partial charge on any atom is 0.262 e. The maximum atomic E-state index is 12.3. The van der Waals surface area contributed by atoms with Gasteiger partial charge in [-0.15, -0.1) is 0 Å². The molecular weight excluding hydrogens is 270 g/mol. The second-order valence-corrected chi connectivity index (χ2v) is 6.47. The summed E-state index contributed by atoms with van der Waals surface area (Å²) in [5, 5.41) is 0. The molecule has 4 heteroatoms. The van der Waals surface area contributed by atoms with Crippen LogP contribution < -0.4 is 4.72 Å². The van der Waals surface area contributed by atoms with Gasteiger partial charge in [-0.2, -0.15) is 0 Å². The van der Waals surface area contributed by atoms with Crippen molar-refractivity contribution in [2.75, 3.05) is 4.72 Å². The average molecular weight is 289 g/mol. The van der Waals surface area contributed by atoms with E-state index in [2.05, 4.69) is 11.6 Å². The first-order valence-corrected chi connectivity index (χ1v) is 8.18. The van der Waals surface area contributed by atoms with E-state index >= 15 is 0 Å². The van der Waals surface area contributed by atoms with E-state index in [0.29, 0.717) is 10.6 Å². The molecule has 0 aliphatic carbocycles. The van der Waals surface area contributed by atoms with Crippen molar-refractivity contribution >= 4 is 15.7 Å². The van der Waals surface area contributed by atoms with Gasteiger partial charge in [0.1, 0.15) is 0 Å². The highest BCUT2D eigenvalue weighted by atomic mass is 32.2. The molecule has 0 aliphatic rings. The average Bonchev–Trinajstić information content (AvgIpc) is 2.41. The van der Waals surface area contributed by atoms with Crippen LogP contribution in [0.4, 0.5) is 5.69 Å². The van der Waals surface area contributed by atoms with Crippen molar-refractivity contribution in [3.63, 3.8) is 0 Å². The maximum absolute atomic E-state index is 12.3. The third-order valence-electron chi connectivity index (χ3n) is 3.13. The Labute approximate surface area is 120 Å². The Bertz CT molecular complexity index is 676. The molecule has 3 nitrogen and oxygen atoms in total. The smallest absolute Gasteiger partial charge is 0.262 e. The molecule has 0 aromatic heterocycles. The van der Waals surface area contributed by atoms with Crippen molar-refractivity contribution in [3.05, 3.63) is 59.7 Å². The van der Waals surface area contributed by atoms with Crippen LogP contribution in [0.5, 0.6) is 0 Å². The van der Waals surface area contributed by atoms with E-state index in [4.69, 9.17) is 0 Å². The molecule has 2 rings (SSSR count). The van der Waals surface area contributed by atoms with Crippen LogP contribution in [0.3, 0.4) is 0 Å². The predicted molar refractivity (Wildman–Crippen MR) is 82.4 cm³/mol. The van der Waals surface area contributed by atoms with Crippen molar-refractivity contribution in [2.24, 2.45) is 0 Å². The van der Waals surface area contributed by atoms with Crippen molar-refractivity contribution in [1.82, 2.24) is 0 Å². The zero-order chi connectivity index (χ0) is 14.6. The molecule has 0 saturated heterocycles. The van der Waals surface area contributed by atoms with Gasteiger partial charge in [-0.05, 0) is 42.7 Å². The molecule has 0 unspecified atom stereocenters. The summed E-state index contributed by atoms with van der Waals surface area (Å²) in [6.45, 7) is 3.91. The Morgan fingerprint density at radius 2 is 1.65 bits per heavy atom. The van der Waals surface area contributed by atoms with Gasteiger partial charge in [0, 0.05) is 5.69 Å². The van der Waals surface area contributed by atoms with Gasteiger partial charge < -0.3 is 0 Å². The molecule has 0 radical (unpaired) electrons. The molecule has 1 N–H and O–H groups in total. The highest BCUT2D eigenvalue weighted by molar-refractivity contribution is 7.92. The second-order valence-electron chi connectivity index (χ2n) is 4.82. The topological polar surface area (TPSA) is 46.2 Å². The third-order valence-corrected chi connectivity index (χ3v) is 4.67. The number of aryl methyl sites for hydroxylation is 2. The molecule has 0 spiro atoms. The molecule has 0 fully saturated rings. The van der Waals surface area contributed by atoms with E-state index in [1.165, 1.54) is 5.56 Å². The molecule has 0 saturated carbocycles. The minimum atomic E-state index is -3.52. The van der Waals surface area contributed by atoms with E-state index < -0.39 is 10.0 Å². The van der Waals surface area contributed by atoms with Gasteiger partial charge >= 0.3 is 0 Å². The fraction of sp³-hybridized carbons (Fsp3) is 0.250. The lowest BCUT2D eigenvalue weighted by Crippen LogP contribution is -2.14. The lowest BCUT2D eigenvalue weighted by molar-refractivity contribution is 0.600. The summed E-state index contributed by atoms with van der Waals surface area (Å²) >= 11 is 0. The number of benzene rings is 2. The van der Waals surface area contributed by atoms with Crippen LogP contribution in [0, 0.1) is 6.92 Å². The summed E-state index contributed by atoms with van der Waals surface area (Å²) in [4.78, 5) is 0.317. The summed E-state index contributed by atoms with van der Waals surface area (Å²) in [5.74, 6) is 0. The Morgan fingerprint density at radius 1 is 1.00 bits per heavy atom. The molecule has 20 heavy (non-hydrogen) atoms. The number of hydrogen-bond acceptors (Lipinski definition) is 2. The SMILES string of the molecule is CCCc1ccc(NS(=O)(=O)c2ccccc2C)cc1. The Morgan fingerprint density at radius 3 is 2.25 bits per heavy atom. The van der Waals surface area contributed by atoms with Crippen molar-refractivity contribution in [1.29, 1.82) is 0 Å². The quantitative estimate of drug-likeness (QED) is 0.911. The van der Waals surface area contributed by atoms with Crippen molar-refractivity contribution < 1.29 is 8.42 Å². The molecule has 0 heterocycles. The van der Waals surface area contributed by atoms with Gasteiger partial charge in [0.05, 0.1) is 4.90 Å². The molecule has 0 atom stereocenters. The number of hydrogen-bond donors (Lipinski definition) is 1. The van der Waals surface area contributed by atoms with E-state index in [9.17, 15) is 8.42 Å². The van der Waals surface area contributed by atoms with Gasteiger partial charge in [0.25, 0.3) is 10.0 Å². The summed E-state index contributed by atoms with van der Waals surface area (Å²) in [6, 6.07) is 14.5. The first-order valence-electron chi connectivity index (χ1n) is 6.70. The highest BCUT2D eigenvalue weighted by Crippen LogP contribution is 2.19. The molecule has 0 bridgehead atoms. The minimum absolute atomic E-state index is 0.317. The standard InChI is InChI=1S/C16H19NO2S/c1-3-6-14-9-11-15(12-10-14)17-20(18,19)16-8-5-4-7-13(16)2/h4-5,7-12,17H,3,6H2,1-2H3. The molecule has 0 amide bonds. The van der Waals surface area contributed by atoms with Crippen LogP contribution in [0.25, 0.3) is 0 Å². The lowest BCUT2D eigenvalue weighted by atomic mass is 10.1. The Balaban J connectivity index is 2.22. The minimum Gasteiger partial charge on any atom is -0.280 e. The first kappa shape index (κ1) is 14.6. The Hall–Kier alpha value is -1.81. The normalized spacial score (nSPS) is 11.3. The van der Waals surface area contributed by atoms with Gasteiger partial charge in [-0.1, -0.05) is 43.7 Å². The van der Waals surface area contributed by atoms with Crippen LogP contribution in [-0.4, -0.2) is 8.42 Å². The fourth-order valence-corrected chi connectivity index (χ4v) is 3.40. The summed E-state index contributed by atoms with van der Waals surface area (Å²) in [7, 11) is -3.52. The van der Waals surface area contributed by atoms with Gasteiger partial charge in [-0.3, -0.25) is 4.72 Å². The van der Waals surface area contributed by atoms with Gasteiger partial charge in [0.15, 0.2) is 0 Å². The predicted octanol–water partition coefficient (Wildman–Crippen LogP) is 3.75. The third kappa shape index (κ3) is 3.39. The second kappa shape index (κ2) is 6.09. The summed E-state index contributed by atoms with van der Waals surface area (Å²) in [5.41, 5.74) is 2.54. The van der Waals surface area contributed by atoms with E-state index in [1.54, 1.807) is 37.3 Å². The molecule has 106 valence electrons. The lowest BCUT2D eigenvalue weighted by Gasteiger charge is -2.10. The van der Waals surface area contributed by atoms with Gasteiger partial charge in [0.2, 0.25) is 0 Å². The first-order chi connectivity index (χ1) is 9.53. The van der Waals surface area contributed by atoms with Crippen LogP contribution in [0.15, 0.2) is 53.4 Å². The van der Waals surface area contributed by atoms with Gasteiger partial charge in [-0.25, -0.2) is 8.42 Å². The summed E-state index contributed by atoms with van der Waals surface area (Å²) in [6.07, 6.45) is 2.08. The fourth-order valence-electron chi connectivity index (χ4n) is 2.10. The largest absolute Gasteiger partial charge is 0.280 e. The van der Waals surface area contributed by atoms with Crippen LogP contribution in [-0.2, 0) is 16.4 Å². The number of anilines is 1. The van der Waals surface area contributed by atoms with Crippen LogP contribution in [0.2, 0.25) is 0 Å². The van der Waals surface area contributed by atoms with Crippen molar-refractivity contribution in [3.8, 4) is 0 Å². The number of rotatable bonds is 5. The number of nitrogens with one attached hydrogen (secondary N) is 1. The summed E-state index contributed by atoms with van der Waals surface area (Å²) < 4.78 is 27.3. The van der Waals surface area contributed by atoms with E-state index in [1.807, 2.05) is 18.2 Å². The highest BCUT2D eigenvalue weighted by Gasteiger charge is 2.15.